The third kappa shape index (κ3) is 3.21. The molecule has 2 atom stereocenters. The lowest BCUT2D eigenvalue weighted by atomic mass is 9.93. The van der Waals surface area contributed by atoms with Crippen molar-refractivity contribution >= 4 is 0 Å². The van der Waals surface area contributed by atoms with Gasteiger partial charge in [-0.25, -0.2) is 4.39 Å². The van der Waals surface area contributed by atoms with E-state index in [1.54, 1.807) is 0 Å². The molecule has 0 radical (unpaired) electrons. The normalized spacial score (nSPS) is 29.3. The zero-order chi connectivity index (χ0) is 14.0. The number of nitrogens with zero attached hydrogens (tertiary/aromatic N) is 1. The second-order valence-electron chi connectivity index (χ2n) is 6.33. The van der Waals surface area contributed by atoms with Crippen LogP contribution in [-0.2, 0) is 0 Å². The van der Waals surface area contributed by atoms with Crippen LogP contribution in [-0.4, -0.2) is 42.8 Å². The van der Waals surface area contributed by atoms with Crippen molar-refractivity contribution < 1.29 is 4.39 Å². The first-order valence-electron chi connectivity index (χ1n) is 7.90. The first-order valence-corrected chi connectivity index (χ1v) is 7.90. The second-order valence-corrected chi connectivity index (χ2v) is 6.33. The van der Waals surface area contributed by atoms with E-state index in [9.17, 15) is 4.39 Å². The number of halogens is 1. The molecule has 3 rings (SSSR count). The summed E-state index contributed by atoms with van der Waals surface area (Å²) in [6, 6.07) is 11.1. The standard InChI is InChI=1S/C17H25FN2/c1-2-20-10-8-17(18,9-11-20)13-19-16-12-15(16)14-6-4-3-5-7-14/h3-7,15-16,19H,2,8-13H2,1H3. The van der Waals surface area contributed by atoms with Gasteiger partial charge in [0.25, 0.3) is 0 Å². The summed E-state index contributed by atoms with van der Waals surface area (Å²) >= 11 is 0. The molecule has 1 aliphatic carbocycles. The average molecular weight is 276 g/mol. The van der Waals surface area contributed by atoms with Crippen LogP contribution in [0.5, 0.6) is 0 Å². The molecular weight excluding hydrogens is 251 g/mol. The number of alkyl halides is 1. The highest BCUT2D eigenvalue weighted by Gasteiger charge is 2.41. The SMILES string of the molecule is CCN1CCC(F)(CNC2CC2c2ccccc2)CC1. The summed E-state index contributed by atoms with van der Waals surface area (Å²) in [6.07, 6.45) is 2.51. The number of rotatable bonds is 5. The summed E-state index contributed by atoms with van der Waals surface area (Å²) in [5.41, 5.74) is 0.397. The molecule has 2 aliphatic rings. The fourth-order valence-corrected chi connectivity index (χ4v) is 3.25. The maximum atomic E-state index is 14.7. The summed E-state index contributed by atoms with van der Waals surface area (Å²) in [4.78, 5) is 2.34. The smallest absolute Gasteiger partial charge is 0.125 e. The number of hydrogen-bond donors (Lipinski definition) is 1. The van der Waals surface area contributed by atoms with Crippen LogP contribution in [0.1, 0.15) is 37.7 Å². The summed E-state index contributed by atoms with van der Waals surface area (Å²) in [7, 11) is 0. The van der Waals surface area contributed by atoms with Crippen molar-refractivity contribution in [1.82, 2.24) is 10.2 Å². The van der Waals surface area contributed by atoms with Crippen LogP contribution >= 0.6 is 0 Å². The van der Waals surface area contributed by atoms with Gasteiger partial charge in [0.05, 0.1) is 0 Å². The predicted molar refractivity (Wildman–Crippen MR) is 80.8 cm³/mol. The van der Waals surface area contributed by atoms with E-state index in [2.05, 4.69) is 41.4 Å². The quantitative estimate of drug-likeness (QED) is 0.889. The minimum atomic E-state index is -0.991. The summed E-state index contributed by atoms with van der Waals surface area (Å²) < 4.78 is 14.7. The van der Waals surface area contributed by atoms with Gasteiger partial charge >= 0.3 is 0 Å². The molecule has 2 unspecified atom stereocenters. The number of likely N-dealkylation sites (tertiary alicyclic amines) is 1. The van der Waals surface area contributed by atoms with Crippen LogP contribution in [0.2, 0.25) is 0 Å². The van der Waals surface area contributed by atoms with Crippen LogP contribution in [0.25, 0.3) is 0 Å². The minimum Gasteiger partial charge on any atom is -0.310 e. The van der Waals surface area contributed by atoms with Gasteiger partial charge in [-0.15, -0.1) is 0 Å². The Bertz CT molecular complexity index is 426. The summed E-state index contributed by atoms with van der Waals surface area (Å²) in [5.74, 6) is 0.593. The Morgan fingerprint density at radius 1 is 1.25 bits per heavy atom. The number of nitrogens with one attached hydrogen (secondary N) is 1. The van der Waals surface area contributed by atoms with Gasteiger partial charge in [0.1, 0.15) is 5.67 Å². The Morgan fingerprint density at radius 3 is 2.60 bits per heavy atom. The lowest BCUT2D eigenvalue weighted by Crippen LogP contribution is -2.47. The van der Waals surface area contributed by atoms with E-state index in [0.717, 1.165) is 26.1 Å². The lowest BCUT2D eigenvalue weighted by molar-refractivity contribution is 0.0600. The van der Waals surface area contributed by atoms with Crippen LogP contribution in [0.3, 0.4) is 0 Å². The van der Waals surface area contributed by atoms with Crippen molar-refractivity contribution in [1.29, 1.82) is 0 Å². The highest BCUT2D eigenvalue weighted by atomic mass is 19.1. The molecule has 1 saturated heterocycles. The molecule has 0 aromatic heterocycles. The first-order chi connectivity index (χ1) is 9.70. The Balaban J connectivity index is 1.45. The Labute approximate surface area is 121 Å². The van der Waals surface area contributed by atoms with E-state index >= 15 is 0 Å². The molecule has 0 spiro atoms. The monoisotopic (exact) mass is 276 g/mol. The minimum absolute atomic E-state index is 0.481. The molecule has 1 aromatic carbocycles. The van der Waals surface area contributed by atoms with Crippen LogP contribution in [0.15, 0.2) is 30.3 Å². The molecule has 0 bridgehead atoms. The third-order valence-corrected chi connectivity index (χ3v) is 4.90. The molecule has 0 amide bonds. The van der Waals surface area contributed by atoms with Crippen LogP contribution in [0, 0.1) is 0 Å². The molecule has 20 heavy (non-hydrogen) atoms. The van der Waals surface area contributed by atoms with E-state index in [1.807, 2.05) is 6.07 Å². The van der Waals surface area contributed by atoms with Gasteiger partial charge in [-0.3, -0.25) is 0 Å². The van der Waals surface area contributed by atoms with E-state index in [4.69, 9.17) is 0 Å². The van der Waals surface area contributed by atoms with E-state index in [-0.39, 0.29) is 0 Å². The number of piperidine rings is 1. The molecular formula is C17H25FN2. The molecule has 110 valence electrons. The van der Waals surface area contributed by atoms with Gasteiger partial charge in [-0.2, -0.15) is 0 Å². The first kappa shape index (κ1) is 14.0. The second kappa shape index (κ2) is 5.82. The van der Waals surface area contributed by atoms with Gasteiger partial charge < -0.3 is 10.2 Å². The Morgan fingerprint density at radius 2 is 1.95 bits per heavy atom. The molecule has 1 saturated carbocycles. The van der Waals surface area contributed by atoms with Crippen molar-refractivity contribution in [2.75, 3.05) is 26.2 Å². The molecule has 3 heteroatoms. The topological polar surface area (TPSA) is 15.3 Å². The van der Waals surface area contributed by atoms with Gasteiger partial charge in [-0.05, 0) is 31.4 Å². The van der Waals surface area contributed by atoms with Crippen molar-refractivity contribution in [3.05, 3.63) is 35.9 Å². The molecule has 1 aliphatic heterocycles. The maximum Gasteiger partial charge on any atom is 0.125 e. The summed E-state index contributed by atoms with van der Waals surface area (Å²) in [5, 5.41) is 3.45. The fourth-order valence-electron chi connectivity index (χ4n) is 3.25. The molecule has 2 nitrogen and oxygen atoms in total. The fraction of sp³-hybridized carbons (Fsp3) is 0.647. The van der Waals surface area contributed by atoms with Crippen molar-refractivity contribution in [2.45, 2.75) is 43.8 Å². The average Bonchev–Trinajstić information content (AvgIpc) is 3.27. The highest BCUT2D eigenvalue weighted by Crippen LogP contribution is 2.41. The predicted octanol–water partition coefficient (Wildman–Crippen LogP) is 2.96. The molecule has 1 aromatic rings. The third-order valence-electron chi connectivity index (χ3n) is 4.90. The lowest BCUT2D eigenvalue weighted by Gasteiger charge is -2.36. The Hall–Kier alpha value is -0.930. The number of benzene rings is 1. The van der Waals surface area contributed by atoms with Gasteiger partial charge in [0, 0.05) is 31.6 Å². The zero-order valence-electron chi connectivity index (χ0n) is 12.3. The van der Waals surface area contributed by atoms with Crippen LogP contribution < -0.4 is 5.32 Å². The Kier molecular flexibility index (Phi) is 4.08. The number of hydrogen-bond acceptors (Lipinski definition) is 2. The van der Waals surface area contributed by atoms with E-state index in [1.165, 1.54) is 5.56 Å². The van der Waals surface area contributed by atoms with Gasteiger partial charge in [0.15, 0.2) is 0 Å². The highest BCUT2D eigenvalue weighted by molar-refractivity contribution is 5.27. The molecule has 2 fully saturated rings. The van der Waals surface area contributed by atoms with E-state index in [0.29, 0.717) is 31.3 Å². The van der Waals surface area contributed by atoms with Crippen molar-refractivity contribution in [3.8, 4) is 0 Å². The van der Waals surface area contributed by atoms with E-state index < -0.39 is 5.67 Å². The largest absolute Gasteiger partial charge is 0.310 e. The van der Waals surface area contributed by atoms with Crippen LogP contribution in [0.4, 0.5) is 4.39 Å². The maximum absolute atomic E-state index is 14.7. The van der Waals surface area contributed by atoms with Crippen molar-refractivity contribution in [3.63, 3.8) is 0 Å². The molecule has 1 heterocycles. The zero-order valence-corrected chi connectivity index (χ0v) is 12.3. The van der Waals surface area contributed by atoms with Crippen molar-refractivity contribution in [2.24, 2.45) is 0 Å². The van der Waals surface area contributed by atoms with Gasteiger partial charge in [0.2, 0.25) is 0 Å². The summed E-state index contributed by atoms with van der Waals surface area (Å²) in [6.45, 7) is 5.53. The van der Waals surface area contributed by atoms with Gasteiger partial charge in [-0.1, -0.05) is 37.3 Å². The molecule has 1 N–H and O–H groups in total.